The molecule has 14 bridgehead atoms. The molecule has 0 atom stereocenters. The molecule has 10 heterocycles. The van der Waals surface area contributed by atoms with Crippen molar-refractivity contribution in [3.05, 3.63) is 257 Å². The largest absolute Gasteiger partial charge is 0.321 e. The Morgan fingerprint density at radius 1 is 0.250 bits per heavy atom. The molecule has 2 fully saturated rings. The van der Waals surface area contributed by atoms with Gasteiger partial charge in [0.25, 0.3) is 23.6 Å². The molecule has 2 spiro atoms. The molecule has 2 aliphatic carbocycles. The van der Waals surface area contributed by atoms with E-state index in [1.54, 1.807) is 0 Å². The second kappa shape index (κ2) is 23.5. The number of carbonyl (C=O) groups excluding carboxylic acids is 4. The highest BCUT2D eigenvalue weighted by Crippen LogP contribution is 2.51. The van der Waals surface area contributed by atoms with E-state index in [-0.39, 0.29) is 34.5 Å². The Bertz CT molecular complexity index is 4680. The number of fused-ring (bicyclic) bond motifs is 8. The molecule has 0 saturated heterocycles. The van der Waals surface area contributed by atoms with Crippen LogP contribution in [0.5, 0.6) is 0 Å². The van der Waals surface area contributed by atoms with Gasteiger partial charge in [0, 0.05) is 55.8 Å². The van der Waals surface area contributed by atoms with Gasteiger partial charge in [-0.2, -0.15) is 0 Å². The molecule has 96 heavy (non-hydrogen) atoms. The number of hydrogen-bond donors (Lipinski definition) is 4. The first-order chi connectivity index (χ1) is 46.1. The van der Waals surface area contributed by atoms with Crippen LogP contribution in [-0.2, 0) is 10.8 Å². The average Bonchev–Trinajstić information content (AvgIpc) is 0.701. The van der Waals surface area contributed by atoms with Crippen molar-refractivity contribution in [2.45, 2.75) is 158 Å². The third-order valence-corrected chi connectivity index (χ3v) is 22.7. The summed E-state index contributed by atoms with van der Waals surface area (Å²) in [6.07, 6.45) is 10.5. The third kappa shape index (κ3) is 9.90. The summed E-state index contributed by atoms with van der Waals surface area (Å²) in [5.74, 6) is -0.844. The first kappa shape index (κ1) is 62.2. The van der Waals surface area contributed by atoms with Gasteiger partial charge < -0.3 is 21.3 Å². The first-order valence-electron chi connectivity index (χ1n) is 34.6. The maximum atomic E-state index is 15.4. The Kier molecular flexibility index (Phi) is 15.2. The van der Waals surface area contributed by atoms with Crippen molar-refractivity contribution in [2.75, 3.05) is 21.3 Å². The highest BCUT2D eigenvalue weighted by atomic mass is 16.2. The van der Waals surface area contributed by atoms with E-state index in [9.17, 15) is 0 Å². The van der Waals surface area contributed by atoms with Crippen LogP contribution < -0.4 is 21.3 Å². The smallest absolute Gasteiger partial charge is 0.256 e. The minimum Gasteiger partial charge on any atom is -0.321 e. The monoisotopic (exact) mass is 1260 g/mol. The Morgan fingerprint density at radius 3 is 0.667 bits per heavy atom. The molecule has 0 unspecified atom stereocenters. The zero-order chi connectivity index (χ0) is 67.0. The van der Waals surface area contributed by atoms with Gasteiger partial charge in [0.05, 0.1) is 0 Å². The van der Waals surface area contributed by atoms with Gasteiger partial charge in [0.1, 0.15) is 0 Å². The SMILES string of the molecule is Cc1cc2cc(C)c1NC(=O)c1cc3cc(c4cccc(C)c4c3c3c(C)cccc13)C(=O)Nc1c(C)cc(cc1C)C1(CCCCC1)c1cc(C)c(c(C)c1)NC(=O)c1cc3cc(c4cccc(C)c4c3c3c(C)cccc13)C(=O)Nc1c(C)cc(cc1C)C21CCCCC1. The summed E-state index contributed by atoms with van der Waals surface area (Å²) in [6.45, 7) is 25.3. The van der Waals surface area contributed by atoms with Crippen molar-refractivity contribution < 1.29 is 19.2 Å². The Hall–Kier alpha value is -9.92. The molecule has 10 aliphatic heterocycles. The van der Waals surface area contributed by atoms with Crippen molar-refractivity contribution in [1.29, 1.82) is 0 Å². The quantitative estimate of drug-likeness (QED) is 0.113. The third-order valence-electron chi connectivity index (χ3n) is 22.7. The van der Waals surface area contributed by atoms with Crippen LogP contribution in [0.15, 0.2) is 146 Å². The lowest BCUT2D eigenvalue weighted by Gasteiger charge is -2.40. The summed E-state index contributed by atoms with van der Waals surface area (Å²) in [4.78, 5) is 61.6. The van der Waals surface area contributed by atoms with Gasteiger partial charge in [-0.05, 0) is 287 Å². The van der Waals surface area contributed by atoms with Crippen LogP contribution in [0.4, 0.5) is 22.7 Å². The number of aryl methyl sites for hydroxylation is 12. The highest BCUT2D eigenvalue weighted by Gasteiger charge is 2.40. The van der Waals surface area contributed by atoms with E-state index in [0.29, 0.717) is 22.3 Å². The standard InChI is InChI=1S/C88H84N4O4/c1-47-23-19-27-65-69-43-59-44-70(66-28-20-24-48(2)74(66)77(59)73(47)65)84(94)90-80-53(7)37-62(38-54(80)8)88(33-17-14-18-34-88)64-41-57(11)82(58(12)42-64)92-86(96)72-46-60-45-71(67-29-21-25-49(3)75(67)78(60)76-50(4)26-22-30-68(72)76)85(95)91-81-55(9)39-63(40-56(81)10)87(31-15-13-16-32-87)61-35-51(5)79(52(6)36-61)89-83(69)93/h19-30,35-46H,13-18,31-34H2,1-12H3,(H,89,93)(H,90,94)(H,91,95)(H,92,96). The summed E-state index contributed by atoms with van der Waals surface area (Å²) in [5.41, 5.74) is 21.6. The van der Waals surface area contributed by atoms with Gasteiger partial charge in [-0.3, -0.25) is 19.2 Å². The van der Waals surface area contributed by atoms with E-state index in [4.69, 9.17) is 0 Å². The maximum absolute atomic E-state index is 15.4. The second-order valence-corrected chi connectivity index (χ2v) is 28.9. The van der Waals surface area contributed by atoms with Gasteiger partial charge in [-0.25, -0.2) is 0 Å². The molecule has 2 saturated carbocycles. The molecule has 480 valence electrons. The number of hydrogen-bond acceptors (Lipinski definition) is 4. The van der Waals surface area contributed by atoms with Crippen LogP contribution in [0, 0.1) is 83.1 Å². The minimum atomic E-state index is -0.308. The highest BCUT2D eigenvalue weighted by molar-refractivity contribution is 6.32. The summed E-state index contributed by atoms with van der Waals surface area (Å²) in [7, 11) is 0. The van der Waals surface area contributed by atoms with Gasteiger partial charge in [-0.1, -0.05) is 160 Å². The predicted octanol–water partition coefficient (Wildman–Crippen LogP) is 22.1. The minimum absolute atomic E-state index is 0.211. The zero-order valence-electron chi connectivity index (χ0n) is 57.6. The van der Waals surface area contributed by atoms with Gasteiger partial charge in [0.2, 0.25) is 0 Å². The molecule has 12 aromatic rings. The first-order valence-corrected chi connectivity index (χ1v) is 34.6. The van der Waals surface area contributed by atoms with E-state index in [0.717, 1.165) is 218 Å². The molecule has 0 radical (unpaired) electrons. The molecule has 8 heteroatoms. The van der Waals surface area contributed by atoms with Gasteiger partial charge >= 0.3 is 0 Å². The van der Waals surface area contributed by atoms with Crippen molar-refractivity contribution in [3.63, 3.8) is 0 Å². The lowest BCUT2D eigenvalue weighted by atomic mass is 9.64. The number of carbonyl (C=O) groups is 4. The lowest BCUT2D eigenvalue weighted by molar-refractivity contribution is 0.102. The molecule has 24 rings (SSSR count). The maximum Gasteiger partial charge on any atom is 0.256 e. The summed E-state index contributed by atoms with van der Waals surface area (Å²) < 4.78 is 0. The lowest BCUT2D eigenvalue weighted by Crippen LogP contribution is -2.31. The van der Waals surface area contributed by atoms with E-state index in [2.05, 4.69) is 201 Å². The Morgan fingerprint density at radius 2 is 0.458 bits per heavy atom. The van der Waals surface area contributed by atoms with Gasteiger partial charge in [0.15, 0.2) is 0 Å². The van der Waals surface area contributed by atoms with Crippen LogP contribution in [0.2, 0.25) is 0 Å². The molecule has 4 N–H and O–H groups in total. The topological polar surface area (TPSA) is 116 Å². The predicted molar refractivity (Wildman–Crippen MR) is 400 cm³/mol. The van der Waals surface area contributed by atoms with E-state index >= 15 is 19.2 Å². The fourth-order valence-electron chi connectivity index (χ4n) is 18.1. The Labute approximate surface area is 563 Å². The number of amides is 4. The Balaban J connectivity index is 0.921. The van der Waals surface area contributed by atoms with Crippen LogP contribution in [0.25, 0.3) is 64.6 Å². The van der Waals surface area contributed by atoms with Crippen molar-refractivity contribution in [2.24, 2.45) is 0 Å². The van der Waals surface area contributed by atoms with Crippen LogP contribution >= 0.6 is 0 Å². The summed E-state index contributed by atoms with van der Waals surface area (Å²) in [6, 6.07) is 51.1. The normalized spacial score (nSPS) is 15.9. The molecule has 0 aromatic heterocycles. The number of benzene rings is 12. The van der Waals surface area contributed by atoms with E-state index in [1.165, 1.54) is 22.3 Å². The van der Waals surface area contributed by atoms with E-state index in [1.807, 2.05) is 48.5 Å². The van der Waals surface area contributed by atoms with Crippen molar-refractivity contribution >= 4 is 111 Å². The van der Waals surface area contributed by atoms with E-state index < -0.39 is 0 Å². The molecular weight excluding hydrogens is 1180 g/mol. The molecule has 12 aromatic carbocycles. The van der Waals surface area contributed by atoms with Crippen LogP contribution in [0.3, 0.4) is 0 Å². The second-order valence-electron chi connectivity index (χ2n) is 28.9. The van der Waals surface area contributed by atoms with Crippen molar-refractivity contribution in [1.82, 2.24) is 0 Å². The van der Waals surface area contributed by atoms with Crippen molar-refractivity contribution in [3.8, 4) is 0 Å². The number of anilines is 4. The van der Waals surface area contributed by atoms with Gasteiger partial charge in [-0.15, -0.1) is 0 Å². The zero-order valence-corrected chi connectivity index (χ0v) is 57.6. The van der Waals surface area contributed by atoms with Crippen LogP contribution in [-0.4, -0.2) is 23.6 Å². The number of rotatable bonds is 0. The van der Waals surface area contributed by atoms with Crippen LogP contribution in [0.1, 0.15) is 195 Å². The molecular formula is C88H84N4O4. The molecule has 12 aliphatic rings. The summed E-state index contributed by atoms with van der Waals surface area (Å²) in [5, 5.41) is 24.9. The molecule has 4 amide bonds. The summed E-state index contributed by atoms with van der Waals surface area (Å²) >= 11 is 0. The fourth-order valence-corrected chi connectivity index (χ4v) is 18.1. The fraction of sp³-hybridized carbons (Fsp3) is 0.273. The number of nitrogens with one attached hydrogen (secondary N) is 4. The average molecular weight is 1260 g/mol. The molecule has 8 nitrogen and oxygen atoms in total.